The number of benzene rings is 6. The maximum atomic E-state index is 13.0. The van der Waals surface area contributed by atoms with Crippen LogP contribution in [0.15, 0.2) is 176 Å². The van der Waals surface area contributed by atoms with Crippen molar-refractivity contribution in [3.8, 4) is 0 Å². The number of nitrogens with zero attached hydrogens (tertiary/aromatic N) is 1. The normalized spacial score (nSPS) is 19.4. The lowest BCUT2D eigenvalue weighted by molar-refractivity contribution is -0.441. The minimum absolute atomic E-state index is 0.0143. The van der Waals surface area contributed by atoms with Crippen LogP contribution in [0.5, 0.6) is 0 Å². The summed E-state index contributed by atoms with van der Waals surface area (Å²) in [7, 11) is 1.60. The van der Waals surface area contributed by atoms with E-state index in [-0.39, 0.29) is 52.9 Å². The number of allylic oxidation sites excluding steroid dienone is 1. The first kappa shape index (κ1) is 62.3. The van der Waals surface area contributed by atoms with Crippen LogP contribution in [0.4, 0.5) is 0 Å². The van der Waals surface area contributed by atoms with E-state index in [0.717, 1.165) is 60.1 Å². The molecule has 0 aromatic heterocycles. The quantitative estimate of drug-likeness (QED) is 0.0406. The van der Waals surface area contributed by atoms with E-state index < -0.39 is 11.8 Å². The molecule has 4 aliphatic rings. The van der Waals surface area contributed by atoms with Gasteiger partial charge in [0.05, 0.1) is 37.2 Å². The number of hydrogen-bond donors (Lipinski definition) is 4. The third-order valence-electron chi connectivity index (χ3n) is 13.5. The molecule has 14 heteroatoms. The van der Waals surface area contributed by atoms with E-state index in [1.54, 1.807) is 21.0 Å². The number of carbonyl (C=O) groups is 4. The number of aliphatic hydroxyl groups is 2. The highest BCUT2D eigenvalue weighted by atomic mass is 127. The van der Waals surface area contributed by atoms with Gasteiger partial charge in [-0.15, -0.1) is 0 Å². The Morgan fingerprint density at radius 3 is 1.55 bits per heavy atom. The Bertz CT molecular complexity index is 2810. The molecule has 6 N–H and O–H groups in total. The first-order valence-electron chi connectivity index (χ1n) is 26.0. The van der Waals surface area contributed by atoms with Gasteiger partial charge < -0.3 is 35.6 Å². The molecule has 7 atom stereocenters. The molecule has 3 aliphatic carbocycles. The van der Waals surface area contributed by atoms with Gasteiger partial charge in [-0.05, 0) is 125 Å². The van der Waals surface area contributed by atoms with Gasteiger partial charge in [0.15, 0.2) is 5.52 Å². The smallest absolute Gasteiger partial charge is 0.225 e. The molecule has 1 heterocycles. The second-order valence-corrected chi connectivity index (χ2v) is 22.6. The number of quaternary nitrogens is 1. The summed E-state index contributed by atoms with van der Waals surface area (Å²) in [6, 6.07) is 54.2. The van der Waals surface area contributed by atoms with Crippen LogP contribution in [0.2, 0.25) is 0 Å². The molecular weight excluding hydrogens is 1120 g/mol. The number of halogens is 2. The summed E-state index contributed by atoms with van der Waals surface area (Å²) in [5, 5.41) is 22.3. The van der Waals surface area contributed by atoms with E-state index in [1.165, 1.54) is 27.8 Å². The average Bonchev–Trinajstić information content (AvgIpc) is 4.19. The molecule has 77 heavy (non-hydrogen) atoms. The zero-order chi connectivity index (χ0) is 55.9. The summed E-state index contributed by atoms with van der Waals surface area (Å²) < 4.78 is 10.8. The molecule has 0 saturated carbocycles. The molecule has 1 fully saturated rings. The van der Waals surface area contributed by atoms with Crippen LogP contribution in [0.25, 0.3) is 0 Å². The number of hydrogen-bond acceptors (Lipinski definition) is 8. The van der Waals surface area contributed by atoms with E-state index >= 15 is 0 Å². The molecule has 1 aliphatic heterocycles. The predicted molar refractivity (Wildman–Crippen MR) is 317 cm³/mol. The highest BCUT2D eigenvalue weighted by Gasteiger charge is 2.53. The lowest BCUT2D eigenvalue weighted by Gasteiger charge is -2.34. The molecule has 10 rings (SSSR count). The van der Waals surface area contributed by atoms with E-state index in [9.17, 15) is 29.4 Å². The van der Waals surface area contributed by atoms with Gasteiger partial charge in [0.25, 0.3) is 0 Å². The van der Waals surface area contributed by atoms with Crippen LogP contribution in [0, 0.1) is 0 Å². The van der Waals surface area contributed by atoms with E-state index in [0.29, 0.717) is 31.9 Å². The number of methoxy groups -OCH3 is 1. The highest BCUT2D eigenvalue weighted by molar-refractivity contribution is 14.2. The van der Waals surface area contributed by atoms with Crippen molar-refractivity contribution < 1.29 is 44.6 Å². The second-order valence-electron chi connectivity index (χ2n) is 19.7. The van der Waals surface area contributed by atoms with Crippen molar-refractivity contribution in [1.82, 2.24) is 10.2 Å². The number of rotatable bonds is 12. The van der Waals surface area contributed by atoms with Crippen molar-refractivity contribution >= 4 is 62.4 Å². The monoisotopic (exact) mass is 1190 g/mol. The van der Waals surface area contributed by atoms with Gasteiger partial charge in [-0.1, -0.05) is 170 Å². The number of nitrogens with one attached hydrogen (secondary N) is 1. The van der Waals surface area contributed by atoms with Crippen LogP contribution in [-0.2, 0) is 67.2 Å². The zero-order valence-corrected chi connectivity index (χ0v) is 48.8. The Hall–Kier alpha value is -5.57. The van der Waals surface area contributed by atoms with Crippen molar-refractivity contribution in [1.29, 1.82) is 0 Å². The fourth-order valence-corrected chi connectivity index (χ4v) is 9.72. The predicted octanol–water partition coefficient (Wildman–Crippen LogP) is 11.3. The number of aliphatic hydroxyl groups excluding tert-OH is 2. The summed E-state index contributed by atoms with van der Waals surface area (Å²) >= 11 is 7.24. The maximum Gasteiger partial charge on any atom is 0.225 e. The van der Waals surface area contributed by atoms with Gasteiger partial charge in [0.1, 0.15) is 17.9 Å². The van der Waals surface area contributed by atoms with E-state index in [4.69, 9.17) is 16.3 Å². The zero-order valence-electron chi connectivity index (χ0n) is 44.9. The minimum atomic E-state index is -0.545. The number of fused-ring (bicyclic) bond motifs is 5. The first-order chi connectivity index (χ1) is 36.9. The molecule has 0 bridgehead atoms. The Kier molecular flexibility index (Phi) is 25.7. The molecule has 6 aromatic rings. The summed E-state index contributed by atoms with van der Waals surface area (Å²) in [6.45, 7) is 10.9. The number of carbonyl (C=O) groups excluding carboxylic acids is 4. The molecule has 11 nitrogen and oxygen atoms in total. The van der Waals surface area contributed by atoms with Gasteiger partial charge in [0, 0.05) is 50.3 Å². The van der Waals surface area contributed by atoms with E-state index in [2.05, 4.69) is 86.9 Å². The molecule has 1 saturated heterocycles. The van der Waals surface area contributed by atoms with Crippen LogP contribution in [0.1, 0.15) is 115 Å². The van der Waals surface area contributed by atoms with Crippen molar-refractivity contribution in [2.24, 2.45) is 0 Å². The lowest BCUT2D eigenvalue weighted by Crippen LogP contribution is -2.57. The molecule has 0 radical (unpaired) electrons. The Morgan fingerprint density at radius 1 is 0.675 bits per heavy atom. The molecule has 408 valence electrons. The average molecular weight is 1200 g/mol. The van der Waals surface area contributed by atoms with Gasteiger partial charge in [-0.25, -0.2) is 0 Å². The van der Waals surface area contributed by atoms with E-state index in [1.807, 2.05) is 140 Å². The molecular formula is C63H75ClIN3O8P+. The Morgan fingerprint density at radius 2 is 1.08 bits per heavy atom. The third-order valence-corrected chi connectivity index (χ3v) is 16.2. The standard InChI is InChI=1S/C21H23NO2.C18H19NO2.C9H9ClO.C9H11NO.C4H8O.C2H4IOP/c1-21(2)22(19(23)13-12-15-8-4-3-5-9-15)20-17-11-7-6-10-16(17)14-18(20)24-21;20-16-12-14-8-4-5-9-15(14)18(16)19-17(21)11-10-13-6-2-1-3-7-13;10-9(11)7-6-8-4-2-1-3-5-8;10-9-7-4-2-1-3-6(7)5-8(9)11;1-4(2)5-3;1-2(4)5-3/h3-11,18,20H,12-14H2,1-2H3;1-9,16,18,20H,10-12H2,(H,19,21);1-5H,6-7H2;1-4,8-9,11H,5,10H2;1H2,2-3H3;5H,1H3/p+1/t18-,20+;16-,18+;;8-,9+;;/m11.1../s1. The molecule has 2 amide bonds. The summed E-state index contributed by atoms with van der Waals surface area (Å²) in [5.41, 5.74) is 14.3. The molecule has 0 spiro atoms. The van der Waals surface area contributed by atoms with Crippen LogP contribution >= 0.6 is 39.9 Å². The van der Waals surface area contributed by atoms with Gasteiger partial charge in [-0.3, -0.25) is 19.2 Å². The highest BCUT2D eigenvalue weighted by Crippen LogP contribution is 2.48. The van der Waals surface area contributed by atoms with Crippen molar-refractivity contribution in [3.05, 3.63) is 226 Å². The van der Waals surface area contributed by atoms with Crippen molar-refractivity contribution in [3.63, 3.8) is 0 Å². The molecule has 6 aromatic carbocycles. The van der Waals surface area contributed by atoms with Crippen molar-refractivity contribution in [2.45, 2.75) is 128 Å². The van der Waals surface area contributed by atoms with Crippen molar-refractivity contribution in [2.75, 3.05) is 7.11 Å². The van der Waals surface area contributed by atoms with Crippen LogP contribution in [0.3, 0.4) is 0 Å². The number of amides is 2. The van der Waals surface area contributed by atoms with Gasteiger partial charge in [0.2, 0.25) is 17.1 Å². The fraction of sp³-hybridized carbons (Fsp3) is 0.333. The third kappa shape index (κ3) is 19.7. The van der Waals surface area contributed by atoms with Gasteiger partial charge >= 0.3 is 0 Å². The Labute approximate surface area is 475 Å². The maximum absolute atomic E-state index is 13.0. The largest absolute Gasteiger partial charge is 0.502 e. The lowest BCUT2D eigenvalue weighted by atomic mass is 10.0. The first-order valence-corrected chi connectivity index (χ1v) is 30.5. The van der Waals surface area contributed by atoms with Crippen LogP contribution < -0.4 is 11.1 Å². The Balaban J connectivity index is 0.000000186. The topological polar surface area (TPSA) is 170 Å². The summed E-state index contributed by atoms with van der Waals surface area (Å²) in [4.78, 5) is 47.3. The summed E-state index contributed by atoms with van der Waals surface area (Å²) in [5.74, 6) is 0.915. The number of ether oxygens (including phenoxy) is 2. The number of aryl methyl sites for hydroxylation is 3. The summed E-state index contributed by atoms with van der Waals surface area (Å²) in [6.07, 6.45) is 5.61. The van der Waals surface area contributed by atoms with Gasteiger partial charge in [-0.2, -0.15) is 0 Å². The molecule has 1 unspecified atom stereocenters. The fourth-order valence-electron chi connectivity index (χ4n) is 9.62. The second kappa shape index (κ2) is 31.7. The SMILES string of the molecule is C=C(C)OC.CC(=O)PI.CC1(C)O[C@@H]2Cc3ccccc3[C@@H]2N1C(=O)CCc1ccccc1.O=C(CCc1ccccc1)N[C@H]1c2ccccc2C[C@H]1O.O=C(Cl)CCc1ccccc1.[NH3+][C@H]1c2ccccc2C[C@H]1O. The minimum Gasteiger partial charge on any atom is -0.502 e. The van der Waals surface area contributed by atoms with Crippen LogP contribution in [-0.4, -0.2) is 68.8 Å².